The number of rotatable bonds is 2. The van der Waals surface area contributed by atoms with E-state index in [0.29, 0.717) is 25.7 Å². The zero-order valence-corrected chi connectivity index (χ0v) is 12.1. The fourth-order valence-electron chi connectivity index (χ4n) is 4.00. The number of aromatic nitrogens is 1. The first kappa shape index (κ1) is 12.7. The van der Waals surface area contributed by atoms with Crippen molar-refractivity contribution in [2.24, 2.45) is 11.3 Å². The molecule has 0 amide bonds. The van der Waals surface area contributed by atoms with Gasteiger partial charge in [0.25, 0.3) is 10.0 Å². The number of nitrogens with zero attached hydrogens (tertiary/aromatic N) is 2. The number of fused-ring (bicyclic) bond motifs is 2. The van der Waals surface area contributed by atoms with Crippen LogP contribution in [0.25, 0.3) is 0 Å². The Bertz CT molecular complexity index is 613. The van der Waals surface area contributed by atoms with E-state index in [-0.39, 0.29) is 16.5 Å². The Hall–Kier alpha value is -0.980. The second-order valence-electron chi connectivity index (χ2n) is 6.15. The minimum Gasteiger partial charge on any atom is -0.379 e. The predicted octanol–water partition coefficient (Wildman–Crippen LogP) is 1.27. The molecule has 1 spiro atoms. The van der Waals surface area contributed by atoms with Gasteiger partial charge in [0.2, 0.25) is 0 Å². The van der Waals surface area contributed by atoms with E-state index >= 15 is 0 Å². The molecule has 2 aliphatic heterocycles. The number of hydrogen-bond donors (Lipinski definition) is 0. The van der Waals surface area contributed by atoms with Crippen LogP contribution in [0.1, 0.15) is 19.3 Å². The summed E-state index contributed by atoms with van der Waals surface area (Å²) in [6, 6.07) is 5.03. The Morgan fingerprint density at radius 1 is 1.30 bits per heavy atom. The van der Waals surface area contributed by atoms with Gasteiger partial charge in [0.15, 0.2) is 5.03 Å². The zero-order chi connectivity index (χ0) is 13.8. The van der Waals surface area contributed by atoms with E-state index in [2.05, 4.69) is 4.98 Å². The minimum atomic E-state index is -3.50. The summed E-state index contributed by atoms with van der Waals surface area (Å²) in [4.78, 5) is 4.03. The second-order valence-corrected chi connectivity index (χ2v) is 7.98. The minimum absolute atomic E-state index is 0.00214. The highest BCUT2D eigenvalue weighted by Crippen LogP contribution is 2.56. The number of pyridine rings is 1. The summed E-state index contributed by atoms with van der Waals surface area (Å²) in [5, 5.41) is 0.155. The molecule has 1 aromatic heterocycles. The summed E-state index contributed by atoms with van der Waals surface area (Å²) in [7, 11) is -3.50. The van der Waals surface area contributed by atoms with Crippen LogP contribution < -0.4 is 0 Å². The molecule has 6 heteroatoms. The molecule has 0 unspecified atom stereocenters. The van der Waals surface area contributed by atoms with Crippen molar-refractivity contribution >= 4 is 10.0 Å². The molecule has 0 N–H and O–H groups in total. The highest BCUT2D eigenvalue weighted by molar-refractivity contribution is 7.89. The van der Waals surface area contributed by atoms with Gasteiger partial charge in [-0.15, -0.1) is 0 Å². The zero-order valence-electron chi connectivity index (χ0n) is 11.2. The largest absolute Gasteiger partial charge is 0.379 e. The molecule has 1 aromatic rings. The average molecular weight is 294 g/mol. The van der Waals surface area contributed by atoms with Crippen molar-refractivity contribution in [2.75, 3.05) is 19.8 Å². The van der Waals surface area contributed by atoms with Crippen molar-refractivity contribution in [3.05, 3.63) is 24.4 Å². The third-order valence-corrected chi connectivity index (χ3v) is 7.03. The van der Waals surface area contributed by atoms with Gasteiger partial charge in [0.05, 0.1) is 19.3 Å². The summed E-state index contributed by atoms with van der Waals surface area (Å²) < 4.78 is 32.9. The Morgan fingerprint density at radius 3 is 2.80 bits per heavy atom. The normalized spacial score (nSPS) is 32.2. The van der Waals surface area contributed by atoms with Crippen molar-refractivity contribution in [3.63, 3.8) is 0 Å². The van der Waals surface area contributed by atoms with E-state index in [9.17, 15) is 8.42 Å². The lowest BCUT2D eigenvalue weighted by Crippen LogP contribution is -2.40. The van der Waals surface area contributed by atoms with Gasteiger partial charge in [-0.3, -0.25) is 0 Å². The van der Waals surface area contributed by atoms with Gasteiger partial charge in [-0.1, -0.05) is 12.5 Å². The fraction of sp³-hybridized carbons (Fsp3) is 0.643. The van der Waals surface area contributed by atoms with Crippen molar-refractivity contribution in [2.45, 2.75) is 30.3 Å². The first-order valence-corrected chi connectivity index (χ1v) is 8.58. The molecule has 108 valence electrons. The summed E-state index contributed by atoms with van der Waals surface area (Å²) in [6.07, 6.45) is 5.00. The van der Waals surface area contributed by atoms with Crippen LogP contribution in [0.15, 0.2) is 29.4 Å². The van der Waals surface area contributed by atoms with E-state index in [0.717, 1.165) is 12.8 Å². The first-order valence-electron chi connectivity index (χ1n) is 7.14. The van der Waals surface area contributed by atoms with Gasteiger partial charge in [-0.05, 0) is 30.4 Å². The first-order chi connectivity index (χ1) is 9.63. The molecular formula is C14H18N2O3S. The second kappa shape index (κ2) is 4.26. The standard InChI is InChI=1S/C14H18N2O3S/c17-20(18,13-4-1-2-7-15-13)16-10-14(5-3-6-14)11-8-19-9-12(11)16/h1-2,4,7,11-12H,3,5-6,8-10H2/t11-,12+/m1/s1. The fourth-order valence-corrected chi connectivity index (χ4v) is 5.68. The van der Waals surface area contributed by atoms with Crippen molar-refractivity contribution in [1.29, 1.82) is 0 Å². The smallest absolute Gasteiger partial charge is 0.260 e. The van der Waals surface area contributed by atoms with Gasteiger partial charge in [0, 0.05) is 18.7 Å². The van der Waals surface area contributed by atoms with Gasteiger partial charge in [-0.25, -0.2) is 13.4 Å². The molecule has 3 heterocycles. The predicted molar refractivity (Wildman–Crippen MR) is 72.5 cm³/mol. The van der Waals surface area contributed by atoms with Gasteiger partial charge in [-0.2, -0.15) is 4.31 Å². The molecule has 1 saturated carbocycles. The van der Waals surface area contributed by atoms with Crippen LogP contribution in [0.5, 0.6) is 0 Å². The molecule has 3 aliphatic rings. The third-order valence-electron chi connectivity index (χ3n) is 5.24. The van der Waals surface area contributed by atoms with E-state index in [1.54, 1.807) is 22.5 Å². The summed E-state index contributed by atoms with van der Waals surface area (Å²) >= 11 is 0. The Morgan fingerprint density at radius 2 is 2.15 bits per heavy atom. The van der Waals surface area contributed by atoms with Crippen molar-refractivity contribution < 1.29 is 13.2 Å². The monoisotopic (exact) mass is 294 g/mol. The number of ether oxygens (including phenoxy) is 1. The summed E-state index contributed by atoms with van der Waals surface area (Å²) in [6.45, 7) is 1.88. The van der Waals surface area contributed by atoms with Crippen LogP contribution in [-0.4, -0.2) is 43.5 Å². The average Bonchev–Trinajstić information content (AvgIpc) is 2.98. The number of hydrogen-bond acceptors (Lipinski definition) is 4. The molecule has 0 radical (unpaired) electrons. The van der Waals surface area contributed by atoms with Crippen LogP contribution in [0.3, 0.4) is 0 Å². The molecule has 2 atom stereocenters. The lowest BCUT2D eigenvalue weighted by Gasteiger charge is -2.42. The molecule has 2 saturated heterocycles. The van der Waals surface area contributed by atoms with Gasteiger partial charge < -0.3 is 4.74 Å². The maximum atomic E-state index is 12.8. The lowest BCUT2D eigenvalue weighted by atomic mass is 9.62. The lowest BCUT2D eigenvalue weighted by molar-refractivity contribution is 0.0601. The van der Waals surface area contributed by atoms with Crippen LogP contribution in [0.2, 0.25) is 0 Å². The van der Waals surface area contributed by atoms with Crippen LogP contribution >= 0.6 is 0 Å². The molecule has 4 rings (SSSR count). The van der Waals surface area contributed by atoms with Gasteiger partial charge >= 0.3 is 0 Å². The van der Waals surface area contributed by atoms with E-state index in [1.807, 2.05) is 0 Å². The summed E-state index contributed by atoms with van der Waals surface area (Å²) in [5.41, 5.74) is 0.170. The van der Waals surface area contributed by atoms with Crippen molar-refractivity contribution in [3.8, 4) is 0 Å². The van der Waals surface area contributed by atoms with Crippen LogP contribution in [-0.2, 0) is 14.8 Å². The molecule has 3 fully saturated rings. The Balaban J connectivity index is 1.72. The van der Waals surface area contributed by atoms with Crippen molar-refractivity contribution in [1.82, 2.24) is 9.29 Å². The van der Waals surface area contributed by atoms with Gasteiger partial charge in [0.1, 0.15) is 0 Å². The third kappa shape index (κ3) is 1.61. The summed E-state index contributed by atoms with van der Waals surface area (Å²) in [5.74, 6) is 0.370. The molecule has 5 nitrogen and oxygen atoms in total. The Kier molecular flexibility index (Phi) is 2.71. The maximum absolute atomic E-state index is 12.8. The highest BCUT2D eigenvalue weighted by Gasteiger charge is 2.60. The van der Waals surface area contributed by atoms with E-state index in [4.69, 9.17) is 4.74 Å². The maximum Gasteiger partial charge on any atom is 0.260 e. The molecular weight excluding hydrogens is 276 g/mol. The Labute approximate surface area is 119 Å². The molecule has 20 heavy (non-hydrogen) atoms. The van der Waals surface area contributed by atoms with E-state index in [1.165, 1.54) is 12.6 Å². The topological polar surface area (TPSA) is 59.5 Å². The number of sulfonamides is 1. The molecule has 0 bridgehead atoms. The molecule has 1 aliphatic carbocycles. The van der Waals surface area contributed by atoms with Crippen LogP contribution in [0, 0.1) is 11.3 Å². The van der Waals surface area contributed by atoms with Crippen LogP contribution in [0.4, 0.5) is 0 Å². The molecule has 0 aromatic carbocycles. The van der Waals surface area contributed by atoms with E-state index < -0.39 is 10.0 Å². The highest BCUT2D eigenvalue weighted by atomic mass is 32.2. The SMILES string of the molecule is O=S(=O)(c1ccccn1)N1CC2(CCC2)[C@@H]2COC[C@@H]21. The quantitative estimate of drug-likeness (QED) is 0.824.